The first-order valence-corrected chi connectivity index (χ1v) is 10.3. The number of amides is 3. The fourth-order valence-electron chi connectivity index (χ4n) is 4.07. The zero-order chi connectivity index (χ0) is 21.1. The molecule has 1 saturated heterocycles. The van der Waals surface area contributed by atoms with E-state index in [1.165, 1.54) is 13.8 Å². The van der Waals surface area contributed by atoms with Crippen LogP contribution in [0, 0.1) is 11.8 Å². The fourth-order valence-corrected chi connectivity index (χ4v) is 4.07. The maximum absolute atomic E-state index is 12.6. The zero-order valence-electron chi connectivity index (χ0n) is 17.1. The third-order valence-corrected chi connectivity index (χ3v) is 5.90. The Bertz CT molecular complexity index is 780. The van der Waals surface area contributed by atoms with Crippen LogP contribution in [-0.2, 0) is 30.3 Å². The first kappa shape index (κ1) is 21.0. The van der Waals surface area contributed by atoms with Crippen LogP contribution in [0.4, 0.5) is 5.69 Å². The van der Waals surface area contributed by atoms with Gasteiger partial charge >= 0.3 is 5.97 Å². The lowest BCUT2D eigenvalue weighted by molar-refractivity contribution is -0.163. The molecule has 2 aliphatic rings. The molecule has 1 heterocycles. The van der Waals surface area contributed by atoms with Crippen molar-refractivity contribution in [2.24, 2.45) is 11.8 Å². The lowest BCUT2D eigenvalue weighted by Crippen LogP contribution is -2.46. The molecule has 1 N–H and O–H groups in total. The summed E-state index contributed by atoms with van der Waals surface area (Å²) in [6, 6.07) is 6.37. The van der Waals surface area contributed by atoms with Crippen molar-refractivity contribution in [3.63, 3.8) is 0 Å². The maximum Gasteiger partial charge on any atom is 0.329 e. The van der Waals surface area contributed by atoms with E-state index in [1.807, 2.05) is 19.1 Å². The highest BCUT2D eigenvalue weighted by molar-refractivity contribution is 6.08. The number of nitrogens with zero attached hydrogens (tertiary/aromatic N) is 1. The number of rotatable bonds is 6. The van der Waals surface area contributed by atoms with Crippen molar-refractivity contribution in [3.8, 4) is 0 Å². The van der Waals surface area contributed by atoms with Crippen LogP contribution in [0.25, 0.3) is 0 Å². The number of nitrogens with one attached hydrogen (secondary N) is 1. The van der Waals surface area contributed by atoms with Crippen molar-refractivity contribution in [2.75, 3.05) is 5.32 Å². The number of carbonyl (C=O) groups is 4. The minimum Gasteiger partial charge on any atom is -0.451 e. The Morgan fingerprint density at radius 1 is 1.07 bits per heavy atom. The molecule has 1 aliphatic carbocycles. The summed E-state index contributed by atoms with van der Waals surface area (Å²) >= 11 is 0. The molecule has 0 spiro atoms. The molecule has 7 nitrogen and oxygen atoms in total. The number of ether oxygens (including phenoxy) is 1. The molecule has 2 fully saturated rings. The summed E-state index contributed by atoms with van der Waals surface area (Å²) < 4.78 is 5.26. The first-order valence-electron chi connectivity index (χ1n) is 10.3. The number of benzene rings is 1. The van der Waals surface area contributed by atoms with Crippen molar-refractivity contribution in [3.05, 3.63) is 29.8 Å². The van der Waals surface area contributed by atoms with Gasteiger partial charge < -0.3 is 10.1 Å². The number of carbonyl (C=O) groups excluding carboxylic acids is 4. The highest BCUT2D eigenvalue weighted by Gasteiger charge is 2.51. The summed E-state index contributed by atoms with van der Waals surface area (Å²) in [6.45, 7) is 4.98. The van der Waals surface area contributed by atoms with Crippen LogP contribution >= 0.6 is 0 Å². The van der Waals surface area contributed by atoms with E-state index in [9.17, 15) is 19.2 Å². The molecule has 4 atom stereocenters. The number of aryl methyl sites for hydroxylation is 1. The third kappa shape index (κ3) is 4.33. The van der Waals surface area contributed by atoms with E-state index in [1.54, 1.807) is 12.1 Å². The second-order valence-electron chi connectivity index (χ2n) is 7.84. The molecule has 1 saturated carbocycles. The molecule has 1 aromatic carbocycles. The second-order valence-corrected chi connectivity index (χ2v) is 7.84. The maximum atomic E-state index is 12.6. The molecule has 3 amide bonds. The van der Waals surface area contributed by atoms with Crippen LogP contribution in [0.2, 0.25) is 0 Å². The highest BCUT2D eigenvalue weighted by Crippen LogP contribution is 2.38. The lowest BCUT2D eigenvalue weighted by Gasteiger charge is -2.23. The van der Waals surface area contributed by atoms with Gasteiger partial charge in [0.2, 0.25) is 11.8 Å². The number of fused-ring (bicyclic) bond motifs is 1. The topological polar surface area (TPSA) is 92.8 Å². The van der Waals surface area contributed by atoms with Crippen molar-refractivity contribution >= 4 is 29.4 Å². The van der Waals surface area contributed by atoms with E-state index in [0.717, 1.165) is 29.7 Å². The summed E-state index contributed by atoms with van der Waals surface area (Å²) in [4.78, 5) is 51.2. The quantitative estimate of drug-likeness (QED) is 0.585. The van der Waals surface area contributed by atoms with Gasteiger partial charge in [-0.05, 0) is 50.8 Å². The van der Waals surface area contributed by atoms with E-state index in [4.69, 9.17) is 4.74 Å². The standard InChI is InChI=1S/C22H28N2O5/c1-4-15-9-11-16(12-10-15)23-19(25)14(3)29-22(28)13(2)24-20(26)17-7-5-6-8-18(17)21(24)27/h9-14,17-18H,4-8H2,1-3H3,(H,23,25)/t13-,14-,17-,18-/m0/s1. The molecule has 1 aromatic rings. The van der Waals surface area contributed by atoms with Crippen LogP contribution in [0.3, 0.4) is 0 Å². The SMILES string of the molecule is CCc1ccc(NC(=O)[C@H](C)OC(=O)[C@H](C)N2C(=O)[C@H]3CCCC[C@@H]3C2=O)cc1. The molecule has 7 heteroatoms. The molecule has 0 radical (unpaired) electrons. The van der Waals surface area contributed by atoms with Crippen LogP contribution in [-0.4, -0.2) is 40.7 Å². The Morgan fingerprint density at radius 3 is 2.14 bits per heavy atom. The van der Waals surface area contributed by atoms with E-state index in [-0.39, 0.29) is 23.7 Å². The van der Waals surface area contributed by atoms with Crippen LogP contribution in [0.5, 0.6) is 0 Å². The number of hydrogen-bond donors (Lipinski definition) is 1. The van der Waals surface area contributed by atoms with E-state index < -0.39 is 24.0 Å². The molecule has 1 aliphatic heterocycles. The summed E-state index contributed by atoms with van der Waals surface area (Å²) in [5, 5.41) is 2.70. The van der Waals surface area contributed by atoms with Gasteiger partial charge in [-0.3, -0.25) is 19.3 Å². The molecular formula is C22H28N2O5. The second kappa shape index (κ2) is 8.76. The predicted octanol–water partition coefficient (Wildman–Crippen LogP) is 2.68. The van der Waals surface area contributed by atoms with Gasteiger partial charge in [0.1, 0.15) is 6.04 Å². The van der Waals surface area contributed by atoms with Gasteiger partial charge in [0, 0.05) is 5.69 Å². The Balaban J connectivity index is 1.58. The Morgan fingerprint density at radius 2 is 1.62 bits per heavy atom. The third-order valence-electron chi connectivity index (χ3n) is 5.90. The van der Waals surface area contributed by atoms with Gasteiger partial charge in [-0.2, -0.15) is 0 Å². The van der Waals surface area contributed by atoms with Gasteiger partial charge in [0.15, 0.2) is 6.10 Å². The molecule has 0 aromatic heterocycles. The largest absolute Gasteiger partial charge is 0.451 e. The number of hydrogen-bond acceptors (Lipinski definition) is 5. The average molecular weight is 400 g/mol. The first-order chi connectivity index (χ1) is 13.8. The monoisotopic (exact) mass is 400 g/mol. The Kier molecular flexibility index (Phi) is 6.35. The summed E-state index contributed by atoms with van der Waals surface area (Å²) in [5.74, 6) is -2.46. The van der Waals surface area contributed by atoms with E-state index in [0.29, 0.717) is 18.5 Å². The number of imide groups is 1. The van der Waals surface area contributed by atoms with Crippen molar-refractivity contribution in [1.82, 2.24) is 4.90 Å². The Labute approximate surface area is 170 Å². The van der Waals surface area contributed by atoms with Crippen LogP contribution in [0.1, 0.15) is 52.0 Å². The molecule has 0 bridgehead atoms. The smallest absolute Gasteiger partial charge is 0.329 e. The van der Waals surface area contributed by atoms with Crippen molar-refractivity contribution < 1.29 is 23.9 Å². The van der Waals surface area contributed by atoms with Crippen molar-refractivity contribution in [1.29, 1.82) is 0 Å². The van der Waals surface area contributed by atoms with Crippen LogP contribution in [0.15, 0.2) is 24.3 Å². The summed E-state index contributed by atoms with van der Waals surface area (Å²) in [6.07, 6.45) is 3.06. The molecule has 3 rings (SSSR count). The Hall–Kier alpha value is -2.70. The van der Waals surface area contributed by atoms with E-state index >= 15 is 0 Å². The lowest BCUT2D eigenvalue weighted by atomic mass is 9.81. The molecule has 29 heavy (non-hydrogen) atoms. The number of esters is 1. The summed E-state index contributed by atoms with van der Waals surface area (Å²) in [5.41, 5.74) is 1.76. The normalized spacial score (nSPS) is 23.3. The molecule has 0 unspecified atom stereocenters. The fraction of sp³-hybridized carbons (Fsp3) is 0.545. The zero-order valence-corrected chi connectivity index (χ0v) is 17.1. The van der Waals surface area contributed by atoms with Gasteiger partial charge in [-0.25, -0.2) is 4.79 Å². The number of anilines is 1. The minimum absolute atomic E-state index is 0.294. The van der Waals surface area contributed by atoms with Gasteiger partial charge in [0.25, 0.3) is 5.91 Å². The minimum atomic E-state index is -1.05. The average Bonchev–Trinajstić information content (AvgIpc) is 2.98. The highest BCUT2D eigenvalue weighted by atomic mass is 16.5. The molecular weight excluding hydrogens is 372 g/mol. The predicted molar refractivity (Wildman–Crippen MR) is 107 cm³/mol. The van der Waals surface area contributed by atoms with Crippen molar-refractivity contribution in [2.45, 2.75) is 65.0 Å². The van der Waals surface area contributed by atoms with Crippen LogP contribution < -0.4 is 5.32 Å². The summed E-state index contributed by atoms with van der Waals surface area (Å²) in [7, 11) is 0. The molecule has 156 valence electrons. The van der Waals surface area contributed by atoms with Gasteiger partial charge in [-0.15, -0.1) is 0 Å². The van der Waals surface area contributed by atoms with Gasteiger partial charge in [0.05, 0.1) is 11.8 Å². The number of likely N-dealkylation sites (tertiary alicyclic amines) is 1. The van der Waals surface area contributed by atoms with Gasteiger partial charge in [-0.1, -0.05) is 31.9 Å². The van der Waals surface area contributed by atoms with E-state index in [2.05, 4.69) is 5.32 Å².